The van der Waals surface area contributed by atoms with Crippen molar-refractivity contribution < 1.29 is 38.7 Å². The van der Waals surface area contributed by atoms with E-state index >= 15 is 0 Å². The van der Waals surface area contributed by atoms with Crippen LogP contribution in [0.1, 0.15) is 36.3 Å². The number of benzene rings is 4. The molecule has 0 heterocycles. The number of rotatable bonds is 19. The fourth-order valence-electron chi connectivity index (χ4n) is 4.45. The van der Waals surface area contributed by atoms with Crippen molar-refractivity contribution in [2.75, 3.05) is 32.2 Å². The van der Waals surface area contributed by atoms with Gasteiger partial charge >= 0.3 is 0 Å². The van der Waals surface area contributed by atoms with Gasteiger partial charge in [-0.2, -0.15) is 0 Å². The van der Waals surface area contributed by atoms with Gasteiger partial charge < -0.3 is 34.2 Å². The molecule has 4 aromatic rings. The van der Waals surface area contributed by atoms with Gasteiger partial charge in [-0.15, -0.1) is 5.06 Å². The summed E-state index contributed by atoms with van der Waals surface area (Å²) in [5.74, 6) is 1.76. The standard InChI is InChI=1S/C35H42NO8P/c1-28(37)25-36(44-34-15-8-12-31(24-34)35(38)42-26-30-10-4-2-5-11-30)21-20-29-16-18-33(19-17-29)43-27-45(39,40)23-9-22-41-32-13-6-3-7-14-32/h2-8,10-19,24,28,35,37-38H,9,20-23,25-27H2,1H3,(H,39,40)/t28-,35-/m0/s1. The van der Waals surface area contributed by atoms with Crippen molar-refractivity contribution in [3.8, 4) is 17.2 Å². The quantitative estimate of drug-likeness (QED) is 0.0480. The lowest BCUT2D eigenvalue weighted by Crippen LogP contribution is -2.35. The van der Waals surface area contributed by atoms with Gasteiger partial charge in [0.25, 0.3) is 0 Å². The van der Waals surface area contributed by atoms with Crippen LogP contribution in [-0.2, 0) is 22.3 Å². The van der Waals surface area contributed by atoms with Crippen molar-refractivity contribution in [2.24, 2.45) is 0 Å². The zero-order valence-corrected chi connectivity index (χ0v) is 26.4. The summed E-state index contributed by atoms with van der Waals surface area (Å²) >= 11 is 0. The van der Waals surface area contributed by atoms with Crippen LogP contribution < -0.4 is 14.3 Å². The Bertz CT molecular complexity index is 1450. The van der Waals surface area contributed by atoms with Gasteiger partial charge in [0.05, 0.1) is 25.9 Å². The van der Waals surface area contributed by atoms with Crippen molar-refractivity contribution in [1.82, 2.24) is 5.06 Å². The minimum Gasteiger partial charge on any atom is -0.494 e. The molecule has 1 unspecified atom stereocenters. The molecule has 0 aliphatic carbocycles. The van der Waals surface area contributed by atoms with Crippen LogP contribution in [0.4, 0.5) is 0 Å². The smallest absolute Gasteiger partial charge is 0.237 e. The average molecular weight is 636 g/mol. The normalized spacial score (nSPS) is 14.0. The first kappa shape index (κ1) is 34.2. The monoisotopic (exact) mass is 635 g/mol. The highest BCUT2D eigenvalue weighted by Gasteiger charge is 2.19. The molecule has 240 valence electrons. The molecule has 0 aliphatic heterocycles. The molecular formula is C35H42NO8P. The number of hydroxylamine groups is 2. The van der Waals surface area contributed by atoms with Gasteiger partial charge in [-0.3, -0.25) is 4.57 Å². The van der Waals surface area contributed by atoms with Crippen molar-refractivity contribution in [2.45, 2.75) is 38.8 Å². The molecule has 0 bridgehead atoms. The van der Waals surface area contributed by atoms with Gasteiger partial charge in [0, 0.05) is 18.3 Å². The molecule has 0 radical (unpaired) electrons. The van der Waals surface area contributed by atoms with Crippen molar-refractivity contribution in [1.29, 1.82) is 0 Å². The highest BCUT2D eigenvalue weighted by molar-refractivity contribution is 7.57. The van der Waals surface area contributed by atoms with E-state index in [2.05, 4.69) is 0 Å². The summed E-state index contributed by atoms with van der Waals surface area (Å²) in [6.45, 7) is 3.08. The number of aliphatic hydroxyl groups excluding tert-OH is 2. The predicted octanol–water partition coefficient (Wildman–Crippen LogP) is 6.19. The summed E-state index contributed by atoms with van der Waals surface area (Å²) in [6.07, 6.45) is -0.827. The molecule has 4 aromatic carbocycles. The van der Waals surface area contributed by atoms with E-state index in [0.717, 1.165) is 16.9 Å². The van der Waals surface area contributed by atoms with E-state index in [1.807, 2.05) is 72.8 Å². The summed E-state index contributed by atoms with van der Waals surface area (Å²) in [6, 6.07) is 33.4. The van der Waals surface area contributed by atoms with E-state index in [9.17, 15) is 19.7 Å². The summed E-state index contributed by atoms with van der Waals surface area (Å²) < 4.78 is 29.4. The van der Waals surface area contributed by atoms with Crippen LogP contribution in [-0.4, -0.2) is 58.5 Å². The maximum absolute atomic E-state index is 12.5. The van der Waals surface area contributed by atoms with E-state index in [4.69, 9.17) is 19.0 Å². The molecule has 3 atom stereocenters. The van der Waals surface area contributed by atoms with Gasteiger partial charge in [0.15, 0.2) is 12.6 Å². The SMILES string of the molecule is C[C@H](O)CN(CCc1ccc(OCP(=O)(O)CCCOc2ccccc2)cc1)Oc1cccc([C@@H](O)OCc2ccccc2)c1. The van der Waals surface area contributed by atoms with Crippen LogP contribution >= 0.6 is 7.37 Å². The predicted molar refractivity (Wildman–Crippen MR) is 173 cm³/mol. The Balaban J connectivity index is 1.22. The Labute approximate surface area is 265 Å². The van der Waals surface area contributed by atoms with Crippen molar-refractivity contribution >= 4 is 7.37 Å². The average Bonchev–Trinajstić information content (AvgIpc) is 3.05. The number of hydrogen-bond donors (Lipinski definition) is 3. The van der Waals surface area contributed by atoms with E-state index in [1.54, 1.807) is 48.4 Å². The summed E-state index contributed by atoms with van der Waals surface area (Å²) in [5, 5.41) is 22.3. The Hall–Kier alpha value is -3.69. The molecule has 0 saturated heterocycles. The van der Waals surface area contributed by atoms with Crippen LogP contribution in [0, 0.1) is 0 Å². The summed E-state index contributed by atoms with van der Waals surface area (Å²) in [4.78, 5) is 16.4. The first-order valence-corrected chi connectivity index (χ1v) is 17.0. The molecule has 45 heavy (non-hydrogen) atoms. The third-order valence-electron chi connectivity index (χ3n) is 6.77. The van der Waals surface area contributed by atoms with Gasteiger partial charge in [-0.1, -0.05) is 72.8 Å². The van der Waals surface area contributed by atoms with Gasteiger partial charge in [0.1, 0.15) is 17.2 Å². The maximum atomic E-state index is 12.5. The highest BCUT2D eigenvalue weighted by Crippen LogP contribution is 2.41. The van der Waals surface area contributed by atoms with Crippen molar-refractivity contribution in [3.63, 3.8) is 0 Å². The molecule has 0 saturated carbocycles. The highest BCUT2D eigenvalue weighted by atomic mass is 31.2. The minimum absolute atomic E-state index is 0.111. The second-order valence-corrected chi connectivity index (χ2v) is 13.2. The third kappa shape index (κ3) is 12.7. The lowest BCUT2D eigenvalue weighted by Gasteiger charge is -2.24. The fourth-order valence-corrected chi connectivity index (χ4v) is 5.56. The Morgan fingerprint density at radius 2 is 1.44 bits per heavy atom. The summed E-state index contributed by atoms with van der Waals surface area (Å²) in [7, 11) is -3.46. The number of ether oxygens (including phenoxy) is 3. The lowest BCUT2D eigenvalue weighted by atomic mass is 10.1. The molecular weight excluding hydrogens is 593 g/mol. The zero-order chi connectivity index (χ0) is 31.9. The van der Waals surface area contributed by atoms with Crippen LogP contribution in [0.25, 0.3) is 0 Å². The van der Waals surface area contributed by atoms with Gasteiger partial charge in [-0.05, 0) is 67.3 Å². The molecule has 9 nitrogen and oxygen atoms in total. The first-order valence-electron chi connectivity index (χ1n) is 15.0. The zero-order valence-electron chi connectivity index (χ0n) is 25.5. The number of hydrogen-bond acceptors (Lipinski definition) is 8. The number of para-hydroxylation sites is 1. The molecule has 0 aromatic heterocycles. The summed E-state index contributed by atoms with van der Waals surface area (Å²) in [5.41, 5.74) is 2.52. The molecule has 0 spiro atoms. The topological polar surface area (TPSA) is 118 Å². The van der Waals surface area contributed by atoms with E-state index in [1.165, 1.54) is 0 Å². The molecule has 0 aliphatic rings. The largest absolute Gasteiger partial charge is 0.494 e. The van der Waals surface area contributed by atoms with Crippen LogP contribution in [0.5, 0.6) is 17.2 Å². The lowest BCUT2D eigenvalue weighted by molar-refractivity contribution is -0.112. The fraction of sp³-hybridized carbons (Fsp3) is 0.314. The van der Waals surface area contributed by atoms with Gasteiger partial charge in [-0.25, -0.2) is 0 Å². The second kappa shape index (κ2) is 17.7. The van der Waals surface area contributed by atoms with Crippen molar-refractivity contribution in [3.05, 3.63) is 126 Å². The third-order valence-corrected chi connectivity index (χ3v) is 8.31. The van der Waals surface area contributed by atoms with Crippen LogP contribution in [0.3, 0.4) is 0 Å². The number of nitrogens with zero attached hydrogens (tertiary/aromatic N) is 1. The van der Waals surface area contributed by atoms with E-state index < -0.39 is 19.8 Å². The van der Waals surface area contributed by atoms with E-state index in [0.29, 0.717) is 43.1 Å². The molecule has 3 N–H and O–H groups in total. The molecule has 0 amide bonds. The molecule has 0 fully saturated rings. The molecule has 4 rings (SSSR count). The number of aliphatic hydroxyl groups is 2. The Kier molecular flexibility index (Phi) is 13.5. The Morgan fingerprint density at radius 3 is 2.16 bits per heavy atom. The molecule has 10 heteroatoms. The van der Waals surface area contributed by atoms with E-state index in [-0.39, 0.29) is 25.7 Å². The van der Waals surface area contributed by atoms with Crippen LogP contribution in [0.2, 0.25) is 0 Å². The minimum atomic E-state index is -3.46. The van der Waals surface area contributed by atoms with Crippen LogP contribution in [0.15, 0.2) is 109 Å². The van der Waals surface area contributed by atoms with Gasteiger partial charge in [0.2, 0.25) is 7.37 Å². The second-order valence-electron chi connectivity index (χ2n) is 10.8. The first-order chi connectivity index (χ1) is 21.8. The Morgan fingerprint density at radius 1 is 0.778 bits per heavy atom. The maximum Gasteiger partial charge on any atom is 0.237 e.